The summed E-state index contributed by atoms with van der Waals surface area (Å²) >= 11 is 0. The monoisotopic (exact) mass is 342 g/mol. The lowest BCUT2D eigenvalue weighted by atomic mass is 9.94. The zero-order valence-electron chi connectivity index (χ0n) is 14.2. The second-order valence-electron chi connectivity index (χ2n) is 6.35. The second kappa shape index (κ2) is 7.98. The average Bonchev–Trinajstić information content (AvgIpc) is 2.63. The molecule has 3 rings (SSSR count). The third-order valence-corrected chi connectivity index (χ3v) is 4.34. The summed E-state index contributed by atoms with van der Waals surface area (Å²) in [7, 11) is 1.67. The van der Waals surface area contributed by atoms with Gasteiger partial charge in [0.05, 0.1) is 0 Å². The molecule has 2 aromatic rings. The summed E-state index contributed by atoms with van der Waals surface area (Å²) in [5, 5.41) is 8.82. The molecule has 0 radical (unpaired) electrons. The van der Waals surface area contributed by atoms with Crippen LogP contribution in [0.1, 0.15) is 30.0 Å². The maximum Gasteiger partial charge on any atom is 0.323 e. The Kier molecular flexibility index (Phi) is 5.49. The van der Waals surface area contributed by atoms with Gasteiger partial charge in [0.1, 0.15) is 12.9 Å². The number of hydrogen-bond acceptors (Lipinski definition) is 7. The van der Waals surface area contributed by atoms with E-state index in [1.807, 2.05) is 6.07 Å². The normalized spacial score (nSPS) is 18.0. The van der Waals surface area contributed by atoms with Crippen molar-refractivity contribution in [2.24, 2.45) is 0 Å². The molecule has 8 heteroatoms. The topological polar surface area (TPSA) is 95.3 Å². The minimum atomic E-state index is -0.903. The molecule has 1 saturated heterocycles. The van der Waals surface area contributed by atoms with E-state index in [0.29, 0.717) is 11.9 Å². The maximum absolute atomic E-state index is 10.7. The molecular formula is C17H22N6O2. The first-order valence-electron chi connectivity index (χ1n) is 8.34. The molecule has 0 amide bonds. The third-order valence-electron chi connectivity index (χ3n) is 4.34. The lowest BCUT2D eigenvalue weighted by Gasteiger charge is -2.32. The molecule has 0 aliphatic carbocycles. The number of nitrogens with zero attached hydrogens (tertiary/aromatic N) is 6. The molecule has 25 heavy (non-hydrogen) atoms. The first-order valence-corrected chi connectivity index (χ1v) is 8.34. The standard InChI is InChI=1S/C17H22N6O2/c1-22(11-16(24)25)17-19-7-13(8-20-17)9-23-6-2-3-14(10-23)15-4-5-18-12-21-15/h4-5,7-8,12,14H,2-3,6,9-11H2,1H3,(H,24,25)/t14-/m0/s1. The number of hydrogen-bond donors (Lipinski definition) is 1. The first-order chi connectivity index (χ1) is 12.1. The van der Waals surface area contributed by atoms with Crippen molar-refractivity contribution >= 4 is 11.9 Å². The van der Waals surface area contributed by atoms with E-state index >= 15 is 0 Å². The van der Waals surface area contributed by atoms with Crippen LogP contribution in [0.25, 0.3) is 0 Å². The van der Waals surface area contributed by atoms with Gasteiger partial charge in [0.2, 0.25) is 5.95 Å². The van der Waals surface area contributed by atoms with E-state index in [0.717, 1.165) is 43.7 Å². The highest BCUT2D eigenvalue weighted by atomic mass is 16.4. The molecule has 0 saturated carbocycles. The number of likely N-dealkylation sites (tertiary alicyclic amines) is 1. The minimum Gasteiger partial charge on any atom is -0.480 e. The van der Waals surface area contributed by atoms with Gasteiger partial charge in [-0.2, -0.15) is 0 Å². The number of carboxylic acid groups (broad SMARTS) is 1. The molecule has 1 atom stereocenters. The minimum absolute atomic E-state index is 0.119. The quantitative estimate of drug-likeness (QED) is 0.836. The predicted molar refractivity (Wildman–Crippen MR) is 92.2 cm³/mol. The van der Waals surface area contributed by atoms with Crippen LogP contribution in [0.15, 0.2) is 31.0 Å². The summed E-state index contributed by atoms with van der Waals surface area (Å²) in [6, 6.07) is 1.99. The van der Waals surface area contributed by atoms with Crippen LogP contribution < -0.4 is 4.90 Å². The van der Waals surface area contributed by atoms with Crippen molar-refractivity contribution in [3.8, 4) is 0 Å². The first kappa shape index (κ1) is 17.2. The molecule has 0 bridgehead atoms. The fourth-order valence-electron chi connectivity index (χ4n) is 3.14. The van der Waals surface area contributed by atoms with Crippen molar-refractivity contribution < 1.29 is 9.90 Å². The molecule has 1 aliphatic rings. The van der Waals surface area contributed by atoms with Gasteiger partial charge in [0.15, 0.2) is 0 Å². The largest absolute Gasteiger partial charge is 0.480 e. The van der Waals surface area contributed by atoms with Crippen LogP contribution in [0.5, 0.6) is 0 Å². The van der Waals surface area contributed by atoms with Crippen molar-refractivity contribution in [1.82, 2.24) is 24.8 Å². The lowest BCUT2D eigenvalue weighted by Crippen LogP contribution is -2.34. The number of aromatic nitrogens is 4. The molecule has 0 spiro atoms. The van der Waals surface area contributed by atoms with Gasteiger partial charge < -0.3 is 10.0 Å². The number of carbonyl (C=O) groups is 1. The van der Waals surface area contributed by atoms with Crippen molar-refractivity contribution in [3.63, 3.8) is 0 Å². The Morgan fingerprint density at radius 1 is 1.36 bits per heavy atom. The van der Waals surface area contributed by atoms with Gasteiger partial charge in [-0.1, -0.05) is 0 Å². The maximum atomic E-state index is 10.7. The predicted octanol–water partition coefficient (Wildman–Crippen LogP) is 1.17. The van der Waals surface area contributed by atoms with Crippen molar-refractivity contribution in [3.05, 3.63) is 42.2 Å². The number of anilines is 1. The van der Waals surface area contributed by atoms with E-state index in [2.05, 4.69) is 24.8 Å². The molecule has 1 N–H and O–H groups in total. The SMILES string of the molecule is CN(CC(=O)O)c1ncc(CN2CCC[C@H](c3ccncn3)C2)cn1. The van der Waals surface area contributed by atoms with Crippen molar-refractivity contribution in [2.45, 2.75) is 25.3 Å². The lowest BCUT2D eigenvalue weighted by molar-refractivity contribution is -0.135. The summed E-state index contributed by atoms with van der Waals surface area (Å²) in [6.07, 6.45) is 9.22. The Hall–Kier alpha value is -2.61. The van der Waals surface area contributed by atoms with Crippen LogP contribution in [0.2, 0.25) is 0 Å². The highest BCUT2D eigenvalue weighted by Crippen LogP contribution is 2.26. The van der Waals surface area contributed by atoms with E-state index in [1.54, 1.807) is 32.0 Å². The van der Waals surface area contributed by atoms with Gasteiger partial charge in [-0.15, -0.1) is 0 Å². The van der Waals surface area contributed by atoms with Crippen molar-refractivity contribution in [1.29, 1.82) is 0 Å². The number of carboxylic acids is 1. The molecular weight excluding hydrogens is 320 g/mol. The van der Waals surface area contributed by atoms with Crippen LogP contribution in [0.4, 0.5) is 5.95 Å². The molecule has 2 aromatic heterocycles. The zero-order chi connectivity index (χ0) is 17.6. The summed E-state index contributed by atoms with van der Waals surface area (Å²) in [5.41, 5.74) is 2.12. The van der Waals surface area contributed by atoms with Crippen molar-refractivity contribution in [2.75, 3.05) is 31.6 Å². The Morgan fingerprint density at radius 2 is 2.16 bits per heavy atom. The highest BCUT2D eigenvalue weighted by Gasteiger charge is 2.22. The summed E-state index contributed by atoms with van der Waals surface area (Å²) < 4.78 is 0. The van der Waals surface area contributed by atoms with Crippen LogP contribution in [0, 0.1) is 0 Å². The van der Waals surface area contributed by atoms with Gasteiger partial charge in [-0.05, 0) is 25.5 Å². The fourth-order valence-corrected chi connectivity index (χ4v) is 3.14. The third kappa shape index (κ3) is 4.69. The Labute approximate surface area is 146 Å². The molecule has 3 heterocycles. The summed E-state index contributed by atoms with van der Waals surface area (Å²) in [6.45, 7) is 2.66. The summed E-state index contributed by atoms with van der Waals surface area (Å²) in [5.74, 6) is -0.0541. The van der Waals surface area contributed by atoms with E-state index in [1.165, 1.54) is 4.90 Å². The van der Waals surface area contributed by atoms with E-state index in [-0.39, 0.29) is 6.54 Å². The molecule has 0 aromatic carbocycles. The van der Waals surface area contributed by atoms with E-state index < -0.39 is 5.97 Å². The molecule has 1 fully saturated rings. The van der Waals surface area contributed by atoms with E-state index in [4.69, 9.17) is 5.11 Å². The van der Waals surface area contributed by atoms with Gasteiger partial charge in [0, 0.05) is 55.9 Å². The summed E-state index contributed by atoms with van der Waals surface area (Å²) in [4.78, 5) is 31.6. The fraction of sp³-hybridized carbons (Fsp3) is 0.471. The van der Waals surface area contributed by atoms with E-state index in [9.17, 15) is 4.79 Å². The van der Waals surface area contributed by atoms with Gasteiger partial charge >= 0.3 is 5.97 Å². The number of rotatable bonds is 6. The molecule has 0 unspecified atom stereocenters. The zero-order valence-corrected chi connectivity index (χ0v) is 14.2. The smallest absolute Gasteiger partial charge is 0.323 e. The van der Waals surface area contributed by atoms with Crippen LogP contribution in [-0.2, 0) is 11.3 Å². The van der Waals surface area contributed by atoms with Gasteiger partial charge in [-0.25, -0.2) is 19.9 Å². The second-order valence-corrected chi connectivity index (χ2v) is 6.35. The number of aliphatic carboxylic acids is 1. The molecule has 8 nitrogen and oxygen atoms in total. The Bertz CT molecular complexity index is 694. The van der Waals surface area contributed by atoms with Crippen LogP contribution >= 0.6 is 0 Å². The molecule has 1 aliphatic heterocycles. The highest BCUT2D eigenvalue weighted by molar-refractivity contribution is 5.72. The Morgan fingerprint density at radius 3 is 2.84 bits per heavy atom. The Balaban J connectivity index is 1.59. The number of piperidine rings is 1. The van der Waals surface area contributed by atoms with Crippen LogP contribution in [-0.4, -0.2) is 62.6 Å². The van der Waals surface area contributed by atoms with Gasteiger partial charge in [-0.3, -0.25) is 9.69 Å². The van der Waals surface area contributed by atoms with Gasteiger partial charge in [0.25, 0.3) is 0 Å². The molecule has 132 valence electrons. The van der Waals surface area contributed by atoms with Crippen LogP contribution in [0.3, 0.4) is 0 Å². The number of likely N-dealkylation sites (N-methyl/N-ethyl adjacent to an activating group) is 1. The average molecular weight is 342 g/mol.